The molecule has 0 N–H and O–H groups in total. The Kier molecular flexibility index (Phi) is 8.06. The molecule has 0 aromatic heterocycles. The minimum atomic E-state index is -3.56. The molecule has 0 fully saturated rings. The normalized spacial score (nSPS) is 12.2. The average Bonchev–Trinajstić information content (AvgIpc) is 2.33. The highest BCUT2D eigenvalue weighted by Crippen LogP contribution is 2.48. The molecule has 0 saturated carbocycles. The molecular formula is C12H17O5P. The summed E-state index contributed by atoms with van der Waals surface area (Å²) in [5.41, 5.74) is 0. The van der Waals surface area contributed by atoms with Gasteiger partial charge in [0.15, 0.2) is 6.10 Å². The summed E-state index contributed by atoms with van der Waals surface area (Å²) >= 11 is 0. The summed E-state index contributed by atoms with van der Waals surface area (Å²) in [6, 6.07) is 0. The van der Waals surface area contributed by atoms with Crippen LogP contribution in [0, 0.1) is 12.3 Å². The van der Waals surface area contributed by atoms with E-state index < -0.39 is 25.8 Å². The monoisotopic (exact) mass is 272 g/mol. The molecule has 0 aromatic rings. The Morgan fingerprint density at radius 1 is 1.39 bits per heavy atom. The molecule has 0 amide bonds. The molecule has 18 heavy (non-hydrogen) atoms. The number of esters is 1. The van der Waals surface area contributed by atoms with Gasteiger partial charge in [0.2, 0.25) is 0 Å². The Morgan fingerprint density at radius 3 is 2.28 bits per heavy atom. The molecule has 0 aliphatic heterocycles. The van der Waals surface area contributed by atoms with Crippen molar-refractivity contribution < 1.29 is 23.1 Å². The Morgan fingerprint density at radius 2 is 1.89 bits per heavy atom. The zero-order valence-electron chi connectivity index (χ0n) is 10.3. The second kappa shape index (κ2) is 8.71. The van der Waals surface area contributed by atoms with Gasteiger partial charge in [-0.3, -0.25) is 9.36 Å². The fourth-order valence-corrected chi connectivity index (χ4v) is 2.20. The summed E-state index contributed by atoms with van der Waals surface area (Å²) in [6.45, 7) is 8.38. The summed E-state index contributed by atoms with van der Waals surface area (Å²) in [5, 5.41) is 0. The van der Waals surface area contributed by atoms with Crippen LogP contribution in [0.3, 0.4) is 0 Å². The molecule has 1 atom stereocenters. The van der Waals surface area contributed by atoms with Gasteiger partial charge in [-0.15, -0.1) is 19.6 Å². The van der Waals surface area contributed by atoms with Crippen LogP contribution in [0.4, 0.5) is 0 Å². The number of carbonyl (C=O) groups is 1. The zero-order valence-corrected chi connectivity index (χ0v) is 11.2. The largest absolute Gasteiger partial charge is 0.449 e. The van der Waals surface area contributed by atoms with E-state index in [2.05, 4.69) is 19.1 Å². The van der Waals surface area contributed by atoms with Crippen LogP contribution >= 0.6 is 7.60 Å². The van der Waals surface area contributed by atoms with Crippen molar-refractivity contribution in [2.75, 3.05) is 19.4 Å². The van der Waals surface area contributed by atoms with Gasteiger partial charge in [-0.1, -0.05) is 18.1 Å². The quantitative estimate of drug-likeness (QED) is 0.278. The molecule has 0 aliphatic rings. The van der Waals surface area contributed by atoms with Gasteiger partial charge in [-0.2, -0.15) is 0 Å². The first kappa shape index (κ1) is 16.7. The van der Waals surface area contributed by atoms with Crippen LogP contribution < -0.4 is 0 Å². The molecule has 0 heterocycles. The highest BCUT2D eigenvalue weighted by molar-refractivity contribution is 7.54. The van der Waals surface area contributed by atoms with E-state index in [9.17, 15) is 9.36 Å². The van der Waals surface area contributed by atoms with E-state index in [1.54, 1.807) is 0 Å². The Balaban J connectivity index is 4.52. The fourth-order valence-electron chi connectivity index (χ4n) is 0.888. The van der Waals surface area contributed by atoms with Crippen molar-refractivity contribution in [3.8, 4) is 12.3 Å². The van der Waals surface area contributed by atoms with Crippen LogP contribution in [0.1, 0.15) is 6.92 Å². The summed E-state index contributed by atoms with van der Waals surface area (Å²) in [6.07, 6.45) is 6.67. The predicted octanol–water partition coefficient (Wildman–Crippen LogP) is 2.15. The lowest BCUT2D eigenvalue weighted by molar-refractivity contribution is -0.142. The fraction of sp³-hybridized carbons (Fsp3) is 0.417. The van der Waals surface area contributed by atoms with Crippen molar-refractivity contribution in [1.82, 2.24) is 0 Å². The standard InChI is InChI=1S/C12H17O5P/c1-5-8-15-18(14,16-9-6-2)10-12(13)17-11(4)7-3/h3,5-6,11H,1-2,8-10H2,4H3. The predicted molar refractivity (Wildman–Crippen MR) is 69.2 cm³/mol. The topological polar surface area (TPSA) is 61.8 Å². The SMILES string of the molecule is C#CC(C)OC(=O)CP(=O)(OCC=C)OCC=C. The van der Waals surface area contributed by atoms with E-state index in [0.717, 1.165) is 0 Å². The van der Waals surface area contributed by atoms with Crippen molar-refractivity contribution in [3.05, 3.63) is 25.3 Å². The summed E-state index contributed by atoms with van der Waals surface area (Å²) in [5.74, 6) is 1.48. The molecule has 0 radical (unpaired) electrons. The Bertz CT molecular complexity index is 366. The molecule has 0 aliphatic carbocycles. The molecular weight excluding hydrogens is 255 g/mol. The van der Waals surface area contributed by atoms with Crippen molar-refractivity contribution in [2.45, 2.75) is 13.0 Å². The number of carbonyl (C=O) groups excluding carboxylic acids is 1. The molecule has 0 saturated heterocycles. The Labute approximate surface area is 107 Å². The first-order valence-corrected chi connectivity index (χ1v) is 6.95. The average molecular weight is 272 g/mol. The van der Waals surface area contributed by atoms with Gasteiger partial charge in [0, 0.05) is 0 Å². The van der Waals surface area contributed by atoms with Crippen LogP contribution in [-0.4, -0.2) is 31.4 Å². The van der Waals surface area contributed by atoms with Crippen molar-refractivity contribution in [1.29, 1.82) is 0 Å². The highest BCUT2D eigenvalue weighted by Gasteiger charge is 2.29. The van der Waals surface area contributed by atoms with Crippen LogP contribution in [0.15, 0.2) is 25.3 Å². The van der Waals surface area contributed by atoms with E-state index in [1.165, 1.54) is 19.1 Å². The minimum Gasteiger partial charge on any atom is -0.449 e. The number of ether oxygens (including phenoxy) is 1. The maximum absolute atomic E-state index is 12.1. The number of terminal acetylenes is 1. The van der Waals surface area contributed by atoms with Gasteiger partial charge in [-0.25, -0.2) is 0 Å². The van der Waals surface area contributed by atoms with Crippen molar-refractivity contribution in [3.63, 3.8) is 0 Å². The van der Waals surface area contributed by atoms with E-state index in [0.29, 0.717) is 0 Å². The first-order valence-electron chi connectivity index (χ1n) is 5.23. The zero-order chi connectivity index (χ0) is 14.0. The third-order valence-corrected chi connectivity index (χ3v) is 3.37. The lowest BCUT2D eigenvalue weighted by atomic mass is 10.4. The lowest BCUT2D eigenvalue weighted by Crippen LogP contribution is -2.18. The molecule has 1 unspecified atom stereocenters. The van der Waals surface area contributed by atoms with Crippen molar-refractivity contribution >= 4 is 13.6 Å². The molecule has 0 aromatic carbocycles. The summed E-state index contributed by atoms with van der Waals surface area (Å²) in [7, 11) is -3.56. The maximum Gasteiger partial charge on any atom is 0.342 e. The Hall–Kier alpha value is -1.34. The number of hydrogen-bond acceptors (Lipinski definition) is 5. The molecule has 0 rings (SSSR count). The van der Waals surface area contributed by atoms with Crippen molar-refractivity contribution in [2.24, 2.45) is 0 Å². The van der Waals surface area contributed by atoms with Gasteiger partial charge in [0.25, 0.3) is 0 Å². The molecule has 5 nitrogen and oxygen atoms in total. The number of rotatable bonds is 9. The lowest BCUT2D eigenvalue weighted by Gasteiger charge is -2.16. The molecule has 0 spiro atoms. The van der Waals surface area contributed by atoms with Gasteiger partial charge in [0.05, 0.1) is 13.2 Å². The van der Waals surface area contributed by atoms with E-state index in [4.69, 9.17) is 20.2 Å². The summed E-state index contributed by atoms with van der Waals surface area (Å²) in [4.78, 5) is 11.5. The second-order valence-corrected chi connectivity index (χ2v) is 5.29. The third kappa shape index (κ3) is 7.08. The van der Waals surface area contributed by atoms with Gasteiger partial charge >= 0.3 is 13.6 Å². The maximum atomic E-state index is 12.1. The van der Waals surface area contributed by atoms with Crippen LogP contribution in [-0.2, 0) is 23.1 Å². The summed E-state index contributed by atoms with van der Waals surface area (Å²) < 4.78 is 26.9. The van der Waals surface area contributed by atoms with Crippen LogP contribution in [0.5, 0.6) is 0 Å². The van der Waals surface area contributed by atoms with E-state index in [1.807, 2.05) is 0 Å². The van der Waals surface area contributed by atoms with Crippen LogP contribution in [0.25, 0.3) is 0 Å². The molecule has 0 bridgehead atoms. The number of hydrogen-bond donors (Lipinski definition) is 0. The van der Waals surface area contributed by atoms with E-state index >= 15 is 0 Å². The smallest absolute Gasteiger partial charge is 0.342 e. The van der Waals surface area contributed by atoms with Gasteiger partial charge in [-0.05, 0) is 6.92 Å². The third-order valence-electron chi connectivity index (χ3n) is 1.64. The molecule has 6 heteroatoms. The van der Waals surface area contributed by atoms with Gasteiger partial charge < -0.3 is 13.8 Å². The minimum absolute atomic E-state index is 0.00634. The molecule has 100 valence electrons. The highest BCUT2D eigenvalue weighted by atomic mass is 31.2. The first-order chi connectivity index (χ1) is 8.47. The second-order valence-electron chi connectivity index (χ2n) is 3.24. The van der Waals surface area contributed by atoms with Gasteiger partial charge in [0.1, 0.15) is 6.16 Å². The van der Waals surface area contributed by atoms with Crippen LogP contribution in [0.2, 0.25) is 0 Å². The van der Waals surface area contributed by atoms with E-state index in [-0.39, 0.29) is 13.2 Å².